The minimum Gasteiger partial charge on any atom is -0.507 e. The number of hydrogen-bond donors (Lipinski definition) is 1. The molecule has 0 bridgehead atoms. The molecule has 0 unspecified atom stereocenters. The summed E-state index contributed by atoms with van der Waals surface area (Å²) in [6, 6.07) is 16.7. The minimum absolute atomic E-state index is 0.401. The van der Waals surface area contributed by atoms with Crippen LogP contribution in [0.5, 0.6) is 5.75 Å². The van der Waals surface area contributed by atoms with Gasteiger partial charge in [0.1, 0.15) is 5.75 Å². The molecule has 19 heavy (non-hydrogen) atoms. The summed E-state index contributed by atoms with van der Waals surface area (Å²) in [4.78, 5) is 0. The Labute approximate surface area is 112 Å². The highest BCUT2D eigenvalue weighted by Crippen LogP contribution is 2.45. The fourth-order valence-corrected chi connectivity index (χ4v) is 3.18. The van der Waals surface area contributed by atoms with Crippen LogP contribution >= 0.6 is 0 Å². The number of benzene rings is 3. The highest BCUT2D eigenvalue weighted by atomic mass is 16.3. The van der Waals surface area contributed by atoms with Crippen LogP contribution in [0.4, 0.5) is 0 Å². The number of fused-ring (bicyclic) bond motifs is 5. The van der Waals surface area contributed by atoms with Gasteiger partial charge in [-0.3, -0.25) is 0 Å². The normalized spacial score (nSPS) is 12.5. The summed E-state index contributed by atoms with van der Waals surface area (Å²) in [7, 11) is 0. The zero-order valence-electron chi connectivity index (χ0n) is 10.8. The van der Waals surface area contributed by atoms with Crippen molar-refractivity contribution in [3.8, 4) is 16.9 Å². The number of aromatic hydroxyl groups is 1. The standard InChI is InChI=1S/C18H14O/c1-11-6-7-14-13(8-11)10-17(19)18-15-5-3-2-4-12(15)9-16(14)18/h2-8,10,19H,9H2,1H3. The van der Waals surface area contributed by atoms with E-state index in [2.05, 4.69) is 43.3 Å². The Morgan fingerprint density at radius 2 is 1.84 bits per heavy atom. The quantitative estimate of drug-likeness (QED) is 0.487. The first kappa shape index (κ1) is 10.6. The molecular weight excluding hydrogens is 232 g/mol. The van der Waals surface area contributed by atoms with Gasteiger partial charge in [0.25, 0.3) is 0 Å². The number of hydrogen-bond acceptors (Lipinski definition) is 1. The van der Waals surface area contributed by atoms with Crippen LogP contribution in [-0.2, 0) is 6.42 Å². The van der Waals surface area contributed by atoms with E-state index in [1.54, 1.807) is 0 Å². The second-order valence-electron chi connectivity index (χ2n) is 5.31. The van der Waals surface area contributed by atoms with Crippen LogP contribution in [0.15, 0.2) is 48.5 Å². The topological polar surface area (TPSA) is 20.2 Å². The van der Waals surface area contributed by atoms with Crippen LogP contribution in [0, 0.1) is 6.92 Å². The first-order chi connectivity index (χ1) is 9.24. The molecule has 0 saturated carbocycles. The third-order valence-corrected chi connectivity index (χ3v) is 4.04. The molecule has 4 rings (SSSR count). The first-order valence-corrected chi connectivity index (χ1v) is 6.57. The van der Waals surface area contributed by atoms with Gasteiger partial charge < -0.3 is 5.11 Å². The summed E-state index contributed by atoms with van der Waals surface area (Å²) in [6.07, 6.45) is 0.916. The van der Waals surface area contributed by atoms with E-state index in [4.69, 9.17) is 0 Å². The zero-order chi connectivity index (χ0) is 13.0. The van der Waals surface area contributed by atoms with E-state index in [1.807, 2.05) is 12.1 Å². The molecule has 0 atom stereocenters. The lowest BCUT2D eigenvalue weighted by Gasteiger charge is -2.09. The molecule has 0 fully saturated rings. The fraction of sp³-hybridized carbons (Fsp3) is 0.111. The van der Waals surface area contributed by atoms with Crippen LogP contribution in [-0.4, -0.2) is 5.11 Å². The summed E-state index contributed by atoms with van der Waals surface area (Å²) in [5.74, 6) is 0.401. The summed E-state index contributed by atoms with van der Waals surface area (Å²) in [5, 5.41) is 12.8. The van der Waals surface area contributed by atoms with E-state index in [-0.39, 0.29) is 0 Å². The van der Waals surface area contributed by atoms with Crippen molar-refractivity contribution >= 4 is 10.8 Å². The monoisotopic (exact) mass is 246 g/mol. The number of aryl methyl sites for hydroxylation is 1. The smallest absolute Gasteiger partial charge is 0.124 e. The Bertz CT molecular complexity index is 815. The molecule has 1 nitrogen and oxygen atoms in total. The van der Waals surface area contributed by atoms with Gasteiger partial charge in [-0.1, -0.05) is 48.0 Å². The maximum Gasteiger partial charge on any atom is 0.124 e. The van der Waals surface area contributed by atoms with Crippen molar-refractivity contribution in [2.75, 3.05) is 0 Å². The predicted octanol–water partition coefficient (Wildman–Crippen LogP) is 4.43. The van der Waals surface area contributed by atoms with Crippen molar-refractivity contribution in [3.05, 3.63) is 65.2 Å². The Balaban J connectivity index is 2.13. The van der Waals surface area contributed by atoms with Crippen LogP contribution < -0.4 is 0 Å². The molecule has 0 aromatic heterocycles. The molecule has 3 aromatic rings. The second-order valence-corrected chi connectivity index (χ2v) is 5.31. The van der Waals surface area contributed by atoms with E-state index in [0.29, 0.717) is 5.75 Å². The predicted molar refractivity (Wildman–Crippen MR) is 78.6 cm³/mol. The van der Waals surface area contributed by atoms with E-state index in [1.165, 1.54) is 27.6 Å². The van der Waals surface area contributed by atoms with Crippen molar-refractivity contribution in [2.24, 2.45) is 0 Å². The van der Waals surface area contributed by atoms with Gasteiger partial charge in [0, 0.05) is 5.56 Å². The highest BCUT2D eigenvalue weighted by molar-refractivity contribution is 5.98. The molecule has 0 radical (unpaired) electrons. The molecule has 0 heterocycles. The number of phenols is 1. The Kier molecular flexibility index (Phi) is 2.02. The maximum absolute atomic E-state index is 10.4. The van der Waals surface area contributed by atoms with Crippen molar-refractivity contribution in [3.63, 3.8) is 0 Å². The average molecular weight is 246 g/mol. The van der Waals surface area contributed by atoms with E-state index in [9.17, 15) is 5.11 Å². The van der Waals surface area contributed by atoms with Gasteiger partial charge in [0.15, 0.2) is 0 Å². The van der Waals surface area contributed by atoms with Gasteiger partial charge in [-0.25, -0.2) is 0 Å². The lowest BCUT2D eigenvalue weighted by molar-refractivity contribution is 0.478. The summed E-state index contributed by atoms with van der Waals surface area (Å²) in [5.41, 5.74) is 5.99. The first-order valence-electron chi connectivity index (χ1n) is 6.57. The van der Waals surface area contributed by atoms with Gasteiger partial charge in [0.2, 0.25) is 0 Å². The third kappa shape index (κ3) is 1.42. The zero-order valence-corrected chi connectivity index (χ0v) is 10.8. The highest BCUT2D eigenvalue weighted by Gasteiger charge is 2.23. The Morgan fingerprint density at radius 1 is 1.00 bits per heavy atom. The number of rotatable bonds is 0. The van der Waals surface area contributed by atoms with Crippen LogP contribution in [0.3, 0.4) is 0 Å². The molecule has 1 aliphatic rings. The van der Waals surface area contributed by atoms with E-state index >= 15 is 0 Å². The maximum atomic E-state index is 10.4. The summed E-state index contributed by atoms with van der Waals surface area (Å²) in [6.45, 7) is 2.08. The van der Waals surface area contributed by atoms with Gasteiger partial charge in [-0.2, -0.15) is 0 Å². The molecule has 0 spiro atoms. The Morgan fingerprint density at radius 3 is 2.74 bits per heavy atom. The van der Waals surface area contributed by atoms with Gasteiger partial charge in [0.05, 0.1) is 0 Å². The van der Waals surface area contributed by atoms with E-state index in [0.717, 1.165) is 17.4 Å². The summed E-state index contributed by atoms with van der Waals surface area (Å²) >= 11 is 0. The molecule has 92 valence electrons. The van der Waals surface area contributed by atoms with Gasteiger partial charge in [-0.15, -0.1) is 0 Å². The second kappa shape index (κ2) is 3.61. The minimum atomic E-state index is 0.401. The summed E-state index contributed by atoms with van der Waals surface area (Å²) < 4.78 is 0. The molecular formula is C18H14O. The lowest BCUT2D eigenvalue weighted by atomic mass is 9.97. The molecule has 1 N–H and O–H groups in total. The molecule has 1 aliphatic carbocycles. The average Bonchev–Trinajstić information content (AvgIpc) is 2.78. The van der Waals surface area contributed by atoms with Crippen molar-refractivity contribution in [2.45, 2.75) is 13.3 Å². The Hall–Kier alpha value is -2.28. The SMILES string of the molecule is Cc1ccc2c3c(c(O)cc2c1)-c1ccccc1C3. The van der Waals surface area contributed by atoms with Crippen molar-refractivity contribution in [1.82, 2.24) is 0 Å². The molecule has 0 saturated heterocycles. The fourth-order valence-electron chi connectivity index (χ4n) is 3.18. The van der Waals surface area contributed by atoms with Crippen LogP contribution in [0.2, 0.25) is 0 Å². The molecule has 0 amide bonds. The molecule has 0 aliphatic heterocycles. The molecule has 1 heteroatoms. The van der Waals surface area contributed by atoms with Crippen LogP contribution in [0.25, 0.3) is 21.9 Å². The molecule has 3 aromatic carbocycles. The van der Waals surface area contributed by atoms with E-state index < -0.39 is 0 Å². The van der Waals surface area contributed by atoms with Gasteiger partial charge in [-0.05, 0) is 46.9 Å². The number of phenolic OH excluding ortho intramolecular Hbond substituents is 1. The van der Waals surface area contributed by atoms with Crippen molar-refractivity contribution < 1.29 is 5.11 Å². The van der Waals surface area contributed by atoms with Gasteiger partial charge >= 0.3 is 0 Å². The van der Waals surface area contributed by atoms with Crippen molar-refractivity contribution in [1.29, 1.82) is 0 Å². The van der Waals surface area contributed by atoms with Crippen LogP contribution in [0.1, 0.15) is 16.7 Å². The third-order valence-electron chi connectivity index (χ3n) is 4.04. The largest absolute Gasteiger partial charge is 0.507 e. The lowest BCUT2D eigenvalue weighted by Crippen LogP contribution is -1.86.